The predicted octanol–water partition coefficient (Wildman–Crippen LogP) is 20.2. The summed E-state index contributed by atoms with van der Waals surface area (Å²) in [6.07, 6.45) is 0. The van der Waals surface area contributed by atoms with Crippen LogP contribution in [0.25, 0.3) is 116 Å². The minimum Gasteiger partial charge on any atom is -0.456 e. The molecule has 0 spiro atoms. The molecule has 75 heavy (non-hydrogen) atoms. The summed E-state index contributed by atoms with van der Waals surface area (Å²) < 4.78 is 8.64. The molecule has 0 amide bonds. The summed E-state index contributed by atoms with van der Waals surface area (Å²) in [5.41, 5.74) is 22.7. The highest BCUT2D eigenvalue weighted by Crippen LogP contribution is 2.41. The molecule has 2 heterocycles. The molecule has 0 saturated heterocycles. The van der Waals surface area contributed by atoms with Crippen LogP contribution < -0.4 is 4.90 Å². The van der Waals surface area contributed by atoms with Gasteiger partial charge in [-0.1, -0.05) is 212 Å². The minimum atomic E-state index is 0.900. The van der Waals surface area contributed by atoms with Gasteiger partial charge >= 0.3 is 0 Å². The van der Waals surface area contributed by atoms with Crippen LogP contribution in [-0.4, -0.2) is 4.57 Å². The molecule has 3 nitrogen and oxygen atoms in total. The molecule has 0 aliphatic carbocycles. The van der Waals surface area contributed by atoms with Crippen LogP contribution in [0.3, 0.4) is 0 Å². The van der Waals surface area contributed by atoms with Crippen LogP contribution in [0.5, 0.6) is 0 Å². The van der Waals surface area contributed by atoms with Crippen molar-refractivity contribution in [1.29, 1.82) is 0 Å². The molecule has 14 aromatic rings. The van der Waals surface area contributed by atoms with Crippen molar-refractivity contribution in [3.63, 3.8) is 0 Å². The molecule has 3 heteroatoms. The lowest BCUT2D eigenvalue weighted by Gasteiger charge is -2.26. The molecule has 0 radical (unpaired) electrons. The van der Waals surface area contributed by atoms with Gasteiger partial charge in [0.1, 0.15) is 11.2 Å². The number of benzene rings is 12. The second-order valence-electron chi connectivity index (χ2n) is 19.3. The molecule has 0 aliphatic rings. The van der Waals surface area contributed by atoms with Gasteiger partial charge in [-0.3, -0.25) is 0 Å². The fourth-order valence-electron chi connectivity index (χ4n) is 11.1. The molecule has 0 N–H and O–H groups in total. The molecule has 0 atom stereocenters. The van der Waals surface area contributed by atoms with Crippen LogP contribution in [0.1, 0.15) is 0 Å². The van der Waals surface area contributed by atoms with Gasteiger partial charge in [0.15, 0.2) is 0 Å². The molecule has 12 aromatic carbocycles. The van der Waals surface area contributed by atoms with E-state index in [2.05, 4.69) is 289 Å². The van der Waals surface area contributed by atoms with Crippen LogP contribution in [0.4, 0.5) is 17.1 Å². The van der Waals surface area contributed by atoms with Crippen LogP contribution in [0.2, 0.25) is 0 Å². The van der Waals surface area contributed by atoms with E-state index >= 15 is 0 Å². The van der Waals surface area contributed by atoms with Crippen molar-refractivity contribution >= 4 is 60.8 Å². The van der Waals surface area contributed by atoms with Gasteiger partial charge in [-0.05, 0) is 146 Å². The van der Waals surface area contributed by atoms with E-state index < -0.39 is 0 Å². The van der Waals surface area contributed by atoms with Crippen molar-refractivity contribution in [1.82, 2.24) is 4.57 Å². The summed E-state index contributed by atoms with van der Waals surface area (Å²) in [6.45, 7) is 0. The third kappa shape index (κ3) is 8.04. The summed E-state index contributed by atoms with van der Waals surface area (Å²) >= 11 is 0. The predicted molar refractivity (Wildman–Crippen MR) is 315 cm³/mol. The normalized spacial score (nSPS) is 11.5. The SMILES string of the molecule is c1ccc(-c2ccc(-c3ccc(N(c4ccc(-c5ccc(-c6cccc(-n7c8ccccc8c8ccccc87)c6)cc5)cc4)c4ccc(-c5cccc(-c6cccc7oc8ccccc8c67)c5)cc4)cc3)cc2)cc1. The van der Waals surface area contributed by atoms with E-state index in [0.717, 1.165) is 66.9 Å². The van der Waals surface area contributed by atoms with Crippen molar-refractivity contribution in [2.24, 2.45) is 0 Å². The van der Waals surface area contributed by atoms with Gasteiger partial charge in [-0.2, -0.15) is 0 Å². The van der Waals surface area contributed by atoms with Crippen molar-refractivity contribution in [2.75, 3.05) is 4.90 Å². The van der Waals surface area contributed by atoms with E-state index in [1.165, 1.54) is 66.3 Å². The van der Waals surface area contributed by atoms with Crippen molar-refractivity contribution < 1.29 is 4.42 Å². The van der Waals surface area contributed by atoms with Crippen LogP contribution in [-0.2, 0) is 0 Å². The van der Waals surface area contributed by atoms with E-state index in [4.69, 9.17) is 4.42 Å². The van der Waals surface area contributed by atoms with E-state index in [1.807, 2.05) is 12.1 Å². The topological polar surface area (TPSA) is 21.3 Å². The van der Waals surface area contributed by atoms with Gasteiger partial charge in [0.25, 0.3) is 0 Å². The molecule has 0 saturated carbocycles. The van der Waals surface area contributed by atoms with Crippen molar-refractivity contribution in [3.8, 4) is 72.4 Å². The number of para-hydroxylation sites is 3. The second kappa shape index (κ2) is 18.6. The largest absolute Gasteiger partial charge is 0.456 e. The average Bonchev–Trinajstić information content (AvgIpc) is 4.06. The van der Waals surface area contributed by atoms with Crippen LogP contribution in [0.15, 0.2) is 296 Å². The van der Waals surface area contributed by atoms with Crippen molar-refractivity contribution in [2.45, 2.75) is 0 Å². The Kier molecular flexibility index (Phi) is 10.8. The van der Waals surface area contributed by atoms with Gasteiger partial charge in [0.05, 0.1) is 11.0 Å². The lowest BCUT2D eigenvalue weighted by atomic mass is 9.96. The fourth-order valence-corrected chi connectivity index (χ4v) is 11.1. The molecule has 0 bridgehead atoms. The Bertz CT molecular complexity index is 4300. The zero-order valence-corrected chi connectivity index (χ0v) is 41.0. The maximum atomic E-state index is 6.26. The van der Waals surface area contributed by atoms with Gasteiger partial charge < -0.3 is 13.9 Å². The fraction of sp³-hybridized carbons (Fsp3) is 0. The van der Waals surface area contributed by atoms with E-state index in [1.54, 1.807) is 0 Å². The summed E-state index contributed by atoms with van der Waals surface area (Å²) in [7, 11) is 0. The number of fused-ring (bicyclic) bond motifs is 6. The maximum Gasteiger partial charge on any atom is 0.136 e. The Hall–Kier alpha value is -9.96. The Labute approximate surface area is 436 Å². The monoisotopic (exact) mass is 956 g/mol. The Morgan fingerprint density at radius 2 is 0.627 bits per heavy atom. The molecule has 2 aromatic heterocycles. The third-order valence-electron chi connectivity index (χ3n) is 14.8. The summed E-state index contributed by atoms with van der Waals surface area (Å²) in [5.74, 6) is 0. The first kappa shape index (κ1) is 43.8. The standard InChI is InChI=1S/C72H48N2O/c1-2-13-49(14-3-1)50-27-29-51(30-28-50)53-35-41-60(42-36-53)73(62-45-39-56(40-46-62)57-15-10-17-59(47-57)64-22-12-26-71-72(64)67-21-6-9-25-70(67)75-71)61-43-37-54(38-44-61)52-31-33-55(34-32-52)58-16-11-18-63(48-58)74-68-23-7-4-19-65(68)66-20-5-8-24-69(66)74/h1-48H. The molecule has 0 aliphatic heterocycles. The number of aromatic nitrogens is 1. The zero-order chi connectivity index (χ0) is 49.7. The quantitative estimate of drug-likeness (QED) is 0.136. The Morgan fingerprint density at radius 3 is 1.17 bits per heavy atom. The van der Waals surface area contributed by atoms with Gasteiger partial charge in [-0.25, -0.2) is 0 Å². The number of furan rings is 1. The number of anilines is 3. The van der Waals surface area contributed by atoms with Gasteiger partial charge in [-0.15, -0.1) is 0 Å². The highest BCUT2D eigenvalue weighted by atomic mass is 16.3. The number of rotatable bonds is 10. The molecular weight excluding hydrogens is 909 g/mol. The first-order chi connectivity index (χ1) is 37.2. The minimum absolute atomic E-state index is 0.900. The van der Waals surface area contributed by atoms with E-state index in [0.29, 0.717) is 0 Å². The smallest absolute Gasteiger partial charge is 0.136 e. The third-order valence-corrected chi connectivity index (χ3v) is 14.8. The summed E-state index contributed by atoms with van der Waals surface area (Å²) in [6, 6.07) is 105. The van der Waals surface area contributed by atoms with Crippen LogP contribution >= 0.6 is 0 Å². The second-order valence-corrected chi connectivity index (χ2v) is 19.3. The van der Waals surface area contributed by atoms with Gasteiger partial charge in [0.2, 0.25) is 0 Å². The van der Waals surface area contributed by atoms with Crippen molar-refractivity contribution in [3.05, 3.63) is 291 Å². The number of hydrogen-bond donors (Lipinski definition) is 0. The lowest BCUT2D eigenvalue weighted by Crippen LogP contribution is -2.09. The Balaban J connectivity index is 0.775. The zero-order valence-electron chi connectivity index (χ0n) is 41.0. The number of nitrogens with zero attached hydrogens (tertiary/aromatic N) is 2. The number of hydrogen-bond acceptors (Lipinski definition) is 2. The summed E-state index contributed by atoms with van der Waals surface area (Å²) in [5, 5.41) is 4.81. The highest BCUT2D eigenvalue weighted by molar-refractivity contribution is 6.13. The lowest BCUT2D eigenvalue weighted by molar-refractivity contribution is 0.669. The first-order valence-electron chi connectivity index (χ1n) is 25.6. The van der Waals surface area contributed by atoms with E-state index in [-0.39, 0.29) is 0 Å². The Morgan fingerprint density at radius 1 is 0.253 bits per heavy atom. The molecule has 0 unspecified atom stereocenters. The molecule has 14 rings (SSSR count). The molecule has 352 valence electrons. The van der Waals surface area contributed by atoms with Crippen LogP contribution in [0, 0.1) is 0 Å². The average molecular weight is 957 g/mol. The highest BCUT2D eigenvalue weighted by Gasteiger charge is 2.17. The van der Waals surface area contributed by atoms with E-state index in [9.17, 15) is 0 Å². The molecular formula is C72H48N2O. The first-order valence-corrected chi connectivity index (χ1v) is 25.6. The molecule has 0 fully saturated rings. The maximum absolute atomic E-state index is 6.26. The summed E-state index contributed by atoms with van der Waals surface area (Å²) in [4.78, 5) is 2.35. The van der Waals surface area contributed by atoms with Gasteiger partial charge in [0, 0.05) is 44.3 Å².